The molecule has 2 aliphatic rings. The number of likely N-dealkylation sites (tertiary alicyclic amines) is 1. The molecule has 1 spiro atoms. The number of pyridine rings is 1. The van der Waals surface area contributed by atoms with Crippen LogP contribution < -0.4 is 4.90 Å². The van der Waals surface area contributed by atoms with Gasteiger partial charge in [0, 0.05) is 36.9 Å². The Morgan fingerprint density at radius 1 is 1.19 bits per heavy atom. The highest BCUT2D eigenvalue weighted by Gasteiger charge is 2.41. The molecule has 3 aromatic rings. The molecule has 0 saturated carbocycles. The van der Waals surface area contributed by atoms with Crippen LogP contribution in [0.25, 0.3) is 22.3 Å². The fraction of sp³-hybridized carbons (Fsp3) is 0.524. The number of aromatic nitrogens is 5. The molecule has 0 unspecified atom stereocenters. The van der Waals surface area contributed by atoms with Crippen LogP contribution in [0.4, 0.5) is 14.6 Å². The van der Waals surface area contributed by atoms with E-state index in [1.165, 1.54) is 0 Å². The number of nitrogens with zero attached hydrogens (tertiary/aromatic N) is 6. The molecule has 5 heterocycles. The Bertz CT molecular complexity index is 1090. The highest BCUT2D eigenvalue weighted by Crippen LogP contribution is 2.42. The Morgan fingerprint density at radius 3 is 2.68 bits per heavy atom. The summed E-state index contributed by atoms with van der Waals surface area (Å²) >= 11 is 6.39. The van der Waals surface area contributed by atoms with Crippen molar-refractivity contribution in [3.05, 3.63) is 29.3 Å². The summed E-state index contributed by atoms with van der Waals surface area (Å²) in [4.78, 5) is 17.9. The molecule has 7 nitrogen and oxygen atoms in total. The van der Waals surface area contributed by atoms with Crippen molar-refractivity contribution < 1.29 is 8.78 Å². The predicted octanol–water partition coefficient (Wildman–Crippen LogP) is 3.93. The monoisotopic (exact) mass is 447 g/mol. The molecule has 1 N–H and O–H groups in total. The van der Waals surface area contributed by atoms with Gasteiger partial charge in [-0.05, 0) is 44.2 Å². The number of halogens is 3. The quantitative estimate of drug-likeness (QED) is 0.611. The Morgan fingerprint density at radius 2 is 1.97 bits per heavy atom. The van der Waals surface area contributed by atoms with E-state index in [4.69, 9.17) is 16.6 Å². The number of rotatable bonds is 4. The number of aryl methyl sites for hydroxylation is 1. The van der Waals surface area contributed by atoms with Crippen LogP contribution in [-0.4, -0.2) is 69.2 Å². The Labute approximate surface area is 183 Å². The van der Waals surface area contributed by atoms with Crippen molar-refractivity contribution in [2.45, 2.75) is 32.6 Å². The summed E-state index contributed by atoms with van der Waals surface area (Å²) in [6, 6.07) is 1.90. The summed E-state index contributed by atoms with van der Waals surface area (Å²) in [6.45, 7) is 4.95. The van der Waals surface area contributed by atoms with Crippen LogP contribution in [0.1, 0.15) is 25.0 Å². The van der Waals surface area contributed by atoms with Crippen LogP contribution in [0.2, 0.25) is 5.15 Å². The standard InChI is InChI=1S/C21H24ClF2N7/c1-13-15(10-26-29-13)19-27-17-14(2-6-25-18(17)22)20(28-19)31-8-4-21(5-9-31)3-7-30(12-21)11-16(23)24/h2,6,10,16H,3-5,7-9,11-12H2,1H3,(H,26,29). The van der Waals surface area contributed by atoms with Crippen molar-refractivity contribution in [1.29, 1.82) is 0 Å². The molecule has 2 aliphatic heterocycles. The number of nitrogens with one attached hydrogen (secondary N) is 1. The van der Waals surface area contributed by atoms with Crippen LogP contribution in [0, 0.1) is 12.3 Å². The van der Waals surface area contributed by atoms with Gasteiger partial charge in [0.2, 0.25) is 0 Å². The number of fused-ring (bicyclic) bond motifs is 1. The maximum absolute atomic E-state index is 12.8. The largest absolute Gasteiger partial charge is 0.356 e. The number of hydrogen-bond acceptors (Lipinski definition) is 6. The highest BCUT2D eigenvalue weighted by atomic mass is 35.5. The second kappa shape index (κ2) is 7.94. The van der Waals surface area contributed by atoms with E-state index in [0.717, 1.165) is 67.9 Å². The Balaban J connectivity index is 1.44. The van der Waals surface area contributed by atoms with Crippen molar-refractivity contribution >= 4 is 28.3 Å². The summed E-state index contributed by atoms with van der Waals surface area (Å²) < 4.78 is 25.6. The molecule has 0 bridgehead atoms. The molecule has 2 fully saturated rings. The van der Waals surface area contributed by atoms with Gasteiger partial charge in [-0.1, -0.05) is 11.6 Å². The molecule has 164 valence electrons. The van der Waals surface area contributed by atoms with Gasteiger partial charge in [-0.25, -0.2) is 23.7 Å². The number of hydrogen-bond donors (Lipinski definition) is 1. The number of anilines is 1. The van der Waals surface area contributed by atoms with Crippen molar-refractivity contribution in [2.24, 2.45) is 5.41 Å². The van der Waals surface area contributed by atoms with Crippen molar-refractivity contribution in [3.63, 3.8) is 0 Å². The lowest BCUT2D eigenvalue weighted by Gasteiger charge is -2.40. The lowest BCUT2D eigenvalue weighted by molar-refractivity contribution is 0.0906. The molecule has 2 saturated heterocycles. The van der Waals surface area contributed by atoms with Gasteiger partial charge in [-0.2, -0.15) is 5.10 Å². The van der Waals surface area contributed by atoms with Gasteiger partial charge in [0.1, 0.15) is 11.3 Å². The van der Waals surface area contributed by atoms with Crippen molar-refractivity contribution in [1.82, 2.24) is 30.0 Å². The van der Waals surface area contributed by atoms with Crippen LogP contribution in [-0.2, 0) is 0 Å². The highest BCUT2D eigenvalue weighted by molar-refractivity contribution is 6.34. The summed E-state index contributed by atoms with van der Waals surface area (Å²) in [5, 5.41) is 8.23. The first kappa shape index (κ1) is 20.5. The van der Waals surface area contributed by atoms with Crippen LogP contribution in [0.3, 0.4) is 0 Å². The second-order valence-corrected chi connectivity index (χ2v) is 9.00. The molecular formula is C21H24ClF2N7. The minimum atomic E-state index is -2.27. The van der Waals surface area contributed by atoms with E-state index >= 15 is 0 Å². The fourth-order valence-corrected chi connectivity index (χ4v) is 5.12. The fourth-order valence-electron chi connectivity index (χ4n) is 4.92. The second-order valence-electron chi connectivity index (χ2n) is 8.64. The van der Waals surface area contributed by atoms with Gasteiger partial charge in [-0.3, -0.25) is 10.00 Å². The third kappa shape index (κ3) is 3.85. The number of H-pyrrole nitrogens is 1. The van der Waals surface area contributed by atoms with Crippen molar-refractivity contribution in [3.8, 4) is 11.4 Å². The van der Waals surface area contributed by atoms with E-state index in [0.29, 0.717) is 16.5 Å². The maximum atomic E-state index is 12.8. The topological polar surface area (TPSA) is 73.8 Å². The maximum Gasteiger partial charge on any atom is 0.251 e. The van der Waals surface area contributed by atoms with Gasteiger partial charge < -0.3 is 4.90 Å². The molecule has 31 heavy (non-hydrogen) atoms. The third-order valence-electron chi connectivity index (χ3n) is 6.66. The molecule has 0 amide bonds. The summed E-state index contributed by atoms with van der Waals surface area (Å²) in [6.07, 6.45) is 4.00. The van der Waals surface area contributed by atoms with E-state index < -0.39 is 6.43 Å². The van der Waals surface area contributed by atoms with Crippen LogP contribution in [0.5, 0.6) is 0 Å². The van der Waals surface area contributed by atoms with E-state index in [9.17, 15) is 8.78 Å². The first-order valence-electron chi connectivity index (χ1n) is 10.5. The van der Waals surface area contributed by atoms with Crippen LogP contribution in [0.15, 0.2) is 18.5 Å². The molecule has 0 aliphatic carbocycles. The molecule has 10 heteroatoms. The smallest absolute Gasteiger partial charge is 0.251 e. The van der Waals surface area contributed by atoms with E-state index in [1.807, 2.05) is 17.9 Å². The average Bonchev–Trinajstić information content (AvgIpc) is 3.34. The first-order chi connectivity index (χ1) is 14.9. The van der Waals surface area contributed by atoms with Crippen LogP contribution >= 0.6 is 11.6 Å². The van der Waals surface area contributed by atoms with Gasteiger partial charge in [0.15, 0.2) is 11.0 Å². The zero-order valence-electron chi connectivity index (χ0n) is 17.3. The lowest BCUT2D eigenvalue weighted by Crippen LogP contribution is -2.42. The Hall–Kier alpha value is -2.39. The summed E-state index contributed by atoms with van der Waals surface area (Å²) in [5.41, 5.74) is 2.45. The number of aromatic amines is 1. The molecular weight excluding hydrogens is 424 g/mol. The average molecular weight is 448 g/mol. The summed E-state index contributed by atoms with van der Waals surface area (Å²) in [5.74, 6) is 1.40. The zero-order chi connectivity index (χ0) is 21.6. The molecule has 5 rings (SSSR count). The van der Waals surface area contributed by atoms with Gasteiger partial charge in [0.05, 0.1) is 18.3 Å². The minimum absolute atomic E-state index is 0.122. The first-order valence-corrected chi connectivity index (χ1v) is 10.9. The predicted molar refractivity (Wildman–Crippen MR) is 116 cm³/mol. The van der Waals surface area contributed by atoms with Gasteiger partial charge in [0.25, 0.3) is 6.43 Å². The number of alkyl halides is 2. The normalized spacial score (nSPS) is 19.2. The Kier molecular flexibility index (Phi) is 5.26. The molecule has 0 atom stereocenters. The van der Waals surface area contributed by atoms with E-state index in [2.05, 4.69) is 25.1 Å². The minimum Gasteiger partial charge on any atom is -0.356 e. The number of piperidine rings is 1. The van der Waals surface area contributed by atoms with Gasteiger partial charge in [-0.15, -0.1) is 0 Å². The van der Waals surface area contributed by atoms with Gasteiger partial charge >= 0.3 is 0 Å². The van der Waals surface area contributed by atoms with E-state index in [-0.39, 0.29) is 12.0 Å². The van der Waals surface area contributed by atoms with E-state index in [1.54, 1.807) is 12.4 Å². The zero-order valence-corrected chi connectivity index (χ0v) is 18.0. The molecule has 3 aromatic heterocycles. The summed E-state index contributed by atoms with van der Waals surface area (Å²) in [7, 11) is 0. The third-order valence-corrected chi connectivity index (χ3v) is 6.93. The molecule has 0 aromatic carbocycles. The molecule has 0 radical (unpaired) electrons. The van der Waals surface area contributed by atoms with Crippen molar-refractivity contribution in [2.75, 3.05) is 37.6 Å². The lowest BCUT2D eigenvalue weighted by atomic mass is 9.78. The SMILES string of the molecule is Cc1[nH]ncc1-c1nc(N2CCC3(CCN(CC(F)F)C3)CC2)c2ccnc(Cl)c2n1.